The zero-order valence-electron chi connectivity index (χ0n) is 10.6. The van der Waals surface area contributed by atoms with Gasteiger partial charge in [-0.1, -0.05) is 23.7 Å². The highest BCUT2D eigenvalue weighted by Crippen LogP contribution is 2.09. The van der Waals surface area contributed by atoms with Crippen molar-refractivity contribution in [3.05, 3.63) is 59.0 Å². The lowest BCUT2D eigenvalue weighted by atomic mass is 10.1. The third-order valence-electron chi connectivity index (χ3n) is 2.56. The van der Waals surface area contributed by atoms with E-state index in [0.29, 0.717) is 23.8 Å². The molecule has 0 spiro atoms. The molecule has 0 saturated carbocycles. The number of hydrogen-bond acceptors (Lipinski definition) is 2. The standard InChI is InChI=1S/C14H13ClFN3O/c15-11-4-5-13(18-9-11)19-14(20)17-7-6-10-2-1-3-12(16)8-10/h1-5,8-9H,6-7H2,(H2,17,18,19,20). The predicted molar refractivity (Wildman–Crippen MR) is 76.4 cm³/mol. The molecule has 1 aromatic heterocycles. The van der Waals surface area contributed by atoms with Gasteiger partial charge in [0.05, 0.1) is 5.02 Å². The van der Waals surface area contributed by atoms with Crippen LogP contribution in [0.4, 0.5) is 15.0 Å². The molecule has 0 aliphatic heterocycles. The molecule has 0 bridgehead atoms. The van der Waals surface area contributed by atoms with Gasteiger partial charge in [0.25, 0.3) is 0 Å². The molecule has 4 nitrogen and oxygen atoms in total. The zero-order chi connectivity index (χ0) is 14.4. The van der Waals surface area contributed by atoms with Crippen LogP contribution in [0.1, 0.15) is 5.56 Å². The number of amides is 2. The molecule has 6 heteroatoms. The first kappa shape index (κ1) is 14.3. The zero-order valence-corrected chi connectivity index (χ0v) is 11.3. The molecule has 0 unspecified atom stereocenters. The SMILES string of the molecule is O=C(NCCc1cccc(F)c1)Nc1ccc(Cl)cn1. The number of carbonyl (C=O) groups is 1. The third kappa shape index (κ3) is 4.51. The van der Waals surface area contributed by atoms with Gasteiger partial charge in [-0.3, -0.25) is 5.32 Å². The van der Waals surface area contributed by atoms with Gasteiger partial charge in [0, 0.05) is 12.7 Å². The number of nitrogens with zero attached hydrogens (tertiary/aromatic N) is 1. The van der Waals surface area contributed by atoms with Crippen molar-refractivity contribution in [1.29, 1.82) is 0 Å². The summed E-state index contributed by atoms with van der Waals surface area (Å²) in [5.74, 6) is 0.134. The van der Waals surface area contributed by atoms with Crippen molar-refractivity contribution in [3.63, 3.8) is 0 Å². The molecule has 1 heterocycles. The Morgan fingerprint density at radius 2 is 2.15 bits per heavy atom. The quantitative estimate of drug-likeness (QED) is 0.909. The summed E-state index contributed by atoms with van der Waals surface area (Å²) in [5, 5.41) is 5.74. The molecule has 0 fully saturated rings. The summed E-state index contributed by atoms with van der Waals surface area (Å²) in [6.45, 7) is 0.406. The maximum atomic E-state index is 13.0. The van der Waals surface area contributed by atoms with Gasteiger partial charge in [-0.2, -0.15) is 0 Å². The van der Waals surface area contributed by atoms with E-state index in [2.05, 4.69) is 15.6 Å². The van der Waals surface area contributed by atoms with Gasteiger partial charge in [-0.15, -0.1) is 0 Å². The van der Waals surface area contributed by atoms with Crippen LogP contribution < -0.4 is 10.6 Å². The number of nitrogens with one attached hydrogen (secondary N) is 2. The van der Waals surface area contributed by atoms with E-state index in [0.717, 1.165) is 5.56 Å². The number of urea groups is 1. The number of anilines is 1. The summed E-state index contributed by atoms with van der Waals surface area (Å²) >= 11 is 5.69. The highest BCUT2D eigenvalue weighted by molar-refractivity contribution is 6.30. The van der Waals surface area contributed by atoms with Crippen LogP contribution >= 0.6 is 11.6 Å². The van der Waals surface area contributed by atoms with E-state index in [-0.39, 0.29) is 11.8 Å². The Bertz CT molecular complexity index is 589. The van der Waals surface area contributed by atoms with Gasteiger partial charge < -0.3 is 5.32 Å². The molecule has 2 rings (SSSR count). The van der Waals surface area contributed by atoms with Crippen molar-refractivity contribution in [2.24, 2.45) is 0 Å². The van der Waals surface area contributed by atoms with Crippen LogP contribution in [-0.2, 0) is 6.42 Å². The smallest absolute Gasteiger partial charge is 0.320 e. The molecule has 0 aliphatic rings. The molecule has 0 radical (unpaired) electrons. The molecule has 2 N–H and O–H groups in total. The second-order valence-corrected chi connectivity index (χ2v) is 4.56. The highest BCUT2D eigenvalue weighted by Gasteiger charge is 2.02. The fourth-order valence-corrected chi connectivity index (χ4v) is 1.73. The average molecular weight is 294 g/mol. The van der Waals surface area contributed by atoms with Gasteiger partial charge in [-0.25, -0.2) is 14.2 Å². The van der Waals surface area contributed by atoms with Crippen LogP contribution in [0.2, 0.25) is 5.02 Å². The molecule has 1 aromatic carbocycles. The largest absolute Gasteiger partial charge is 0.337 e. The Kier molecular flexibility index (Phi) is 4.90. The van der Waals surface area contributed by atoms with Gasteiger partial charge >= 0.3 is 6.03 Å². The Labute approximate surface area is 121 Å². The summed E-state index contributed by atoms with van der Waals surface area (Å²) in [6.07, 6.45) is 2.00. The summed E-state index contributed by atoms with van der Waals surface area (Å²) in [4.78, 5) is 15.5. The van der Waals surface area contributed by atoms with Crippen LogP contribution in [0.15, 0.2) is 42.6 Å². The van der Waals surface area contributed by atoms with E-state index in [1.165, 1.54) is 18.3 Å². The molecule has 0 saturated heterocycles. The topological polar surface area (TPSA) is 54.0 Å². The minimum Gasteiger partial charge on any atom is -0.337 e. The first-order chi connectivity index (χ1) is 9.63. The number of carbonyl (C=O) groups excluding carboxylic acids is 1. The molecule has 2 aromatic rings. The number of hydrogen-bond donors (Lipinski definition) is 2. The fraction of sp³-hybridized carbons (Fsp3) is 0.143. The summed E-state index contributed by atoms with van der Waals surface area (Å²) in [5.41, 5.74) is 0.829. The summed E-state index contributed by atoms with van der Waals surface area (Å²) in [7, 11) is 0. The van der Waals surface area contributed by atoms with Gasteiger partial charge in [0.2, 0.25) is 0 Å². The van der Waals surface area contributed by atoms with E-state index < -0.39 is 0 Å². The molecule has 0 atom stereocenters. The van der Waals surface area contributed by atoms with Crippen LogP contribution in [-0.4, -0.2) is 17.6 Å². The van der Waals surface area contributed by atoms with Crippen LogP contribution in [0.5, 0.6) is 0 Å². The van der Waals surface area contributed by atoms with Crippen molar-refractivity contribution in [2.45, 2.75) is 6.42 Å². The Balaban J connectivity index is 1.76. The molecular weight excluding hydrogens is 281 g/mol. The fourth-order valence-electron chi connectivity index (χ4n) is 1.62. The number of aromatic nitrogens is 1. The molecule has 104 valence electrons. The first-order valence-electron chi connectivity index (χ1n) is 6.04. The number of rotatable bonds is 4. The van der Waals surface area contributed by atoms with E-state index in [1.54, 1.807) is 18.2 Å². The molecular formula is C14H13ClFN3O. The van der Waals surface area contributed by atoms with Crippen LogP contribution in [0.3, 0.4) is 0 Å². The maximum Gasteiger partial charge on any atom is 0.320 e. The van der Waals surface area contributed by atoms with Gasteiger partial charge in [0.15, 0.2) is 0 Å². The Morgan fingerprint density at radius 1 is 1.30 bits per heavy atom. The maximum absolute atomic E-state index is 13.0. The minimum atomic E-state index is -0.365. The average Bonchev–Trinajstić information content (AvgIpc) is 2.41. The van der Waals surface area contributed by atoms with Crippen molar-refractivity contribution in [3.8, 4) is 0 Å². The predicted octanol–water partition coefficient (Wildman–Crippen LogP) is 3.24. The lowest BCUT2D eigenvalue weighted by Gasteiger charge is -2.07. The van der Waals surface area contributed by atoms with Crippen molar-refractivity contribution in [2.75, 3.05) is 11.9 Å². The number of pyridine rings is 1. The molecule has 20 heavy (non-hydrogen) atoms. The first-order valence-corrected chi connectivity index (χ1v) is 6.42. The summed E-state index contributed by atoms with van der Waals surface area (Å²) in [6, 6.07) is 9.16. The van der Waals surface area contributed by atoms with E-state index in [9.17, 15) is 9.18 Å². The number of benzene rings is 1. The van der Waals surface area contributed by atoms with Crippen molar-refractivity contribution in [1.82, 2.24) is 10.3 Å². The third-order valence-corrected chi connectivity index (χ3v) is 2.78. The van der Waals surface area contributed by atoms with E-state index >= 15 is 0 Å². The second-order valence-electron chi connectivity index (χ2n) is 4.12. The Hall–Kier alpha value is -2.14. The van der Waals surface area contributed by atoms with Crippen molar-refractivity contribution < 1.29 is 9.18 Å². The van der Waals surface area contributed by atoms with Crippen LogP contribution in [0, 0.1) is 5.82 Å². The van der Waals surface area contributed by atoms with Gasteiger partial charge in [-0.05, 0) is 36.2 Å². The van der Waals surface area contributed by atoms with E-state index in [4.69, 9.17) is 11.6 Å². The molecule has 0 aliphatic carbocycles. The Morgan fingerprint density at radius 3 is 2.85 bits per heavy atom. The summed E-state index contributed by atoms with van der Waals surface area (Å²) < 4.78 is 13.0. The normalized spacial score (nSPS) is 10.1. The van der Waals surface area contributed by atoms with Gasteiger partial charge in [0.1, 0.15) is 11.6 Å². The van der Waals surface area contributed by atoms with Crippen LogP contribution in [0.25, 0.3) is 0 Å². The lowest BCUT2D eigenvalue weighted by Crippen LogP contribution is -2.30. The number of halogens is 2. The monoisotopic (exact) mass is 293 g/mol. The minimum absolute atomic E-state index is 0.280. The molecule has 2 amide bonds. The second kappa shape index (κ2) is 6.86. The lowest BCUT2D eigenvalue weighted by molar-refractivity contribution is 0.252. The van der Waals surface area contributed by atoms with E-state index in [1.807, 2.05) is 6.07 Å². The van der Waals surface area contributed by atoms with Crippen molar-refractivity contribution >= 4 is 23.4 Å². The highest BCUT2D eigenvalue weighted by atomic mass is 35.5.